The highest BCUT2D eigenvalue weighted by atomic mass is 15.2. The molecule has 0 aromatic heterocycles. The lowest BCUT2D eigenvalue weighted by atomic mass is 9.77. The van der Waals surface area contributed by atoms with Crippen LogP contribution >= 0.6 is 0 Å². The molecule has 0 saturated heterocycles. The van der Waals surface area contributed by atoms with Gasteiger partial charge in [-0.25, -0.2) is 0 Å². The number of nitrogens with two attached hydrogens (primary N) is 1. The van der Waals surface area contributed by atoms with E-state index in [4.69, 9.17) is 5.84 Å². The van der Waals surface area contributed by atoms with Crippen molar-refractivity contribution in [1.82, 2.24) is 5.43 Å². The van der Waals surface area contributed by atoms with Crippen LogP contribution in [0.3, 0.4) is 0 Å². The highest BCUT2D eigenvalue weighted by Crippen LogP contribution is 2.62. The molecule has 1 aromatic rings. The summed E-state index contributed by atoms with van der Waals surface area (Å²) in [6.07, 6.45) is 8.16. The van der Waals surface area contributed by atoms with E-state index in [0.717, 1.165) is 29.6 Å². The summed E-state index contributed by atoms with van der Waals surface area (Å²) in [4.78, 5) is 0. The summed E-state index contributed by atoms with van der Waals surface area (Å²) in [5, 5.41) is 0. The number of hydrogen-bond donors (Lipinski definition) is 2. The Balaban J connectivity index is 1.52. The number of benzene rings is 1. The zero-order valence-corrected chi connectivity index (χ0v) is 13.1. The first-order valence-electron chi connectivity index (χ1n) is 8.83. The molecule has 2 nitrogen and oxygen atoms in total. The molecule has 0 bridgehead atoms. The van der Waals surface area contributed by atoms with Crippen molar-refractivity contribution in [2.24, 2.45) is 29.5 Å². The molecule has 114 valence electrons. The van der Waals surface area contributed by atoms with E-state index in [-0.39, 0.29) is 0 Å². The van der Waals surface area contributed by atoms with Gasteiger partial charge in [0.05, 0.1) is 0 Å². The van der Waals surface area contributed by atoms with Crippen molar-refractivity contribution in [3.8, 4) is 0 Å². The number of hydrazine groups is 1. The van der Waals surface area contributed by atoms with Crippen molar-refractivity contribution in [2.45, 2.75) is 57.4 Å². The number of fused-ring (bicyclic) bond motifs is 3. The first-order chi connectivity index (χ1) is 10.3. The molecule has 4 atom stereocenters. The van der Waals surface area contributed by atoms with E-state index in [2.05, 4.69) is 36.6 Å². The predicted octanol–water partition coefficient (Wildman–Crippen LogP) is 3.62. The molecular weight excluding hydrogens is 256 g/mol. The zero-order valence-electron chi connectivity index (χ0n) is 13.1. The lowest BCUT2D eigenvalue weighted by Gasteiger charge is -2.33. The average Bonchev–Trinajstić information content (AvgIpc) is 3.25. The van der Waals surface area contributed by atoms with Gasteiger partial charge in [0.2, 0.25) is 0 Å². The van der Waals surface area contributed by atoms with Crippen LogP contribution in [0.1, 0.15) is 56.1 Å². The van der Waals surface area contributed by atoms with Gasteiger partial charge in [-0.2, -0.15) is 0 Å². The summed E-state index contributed by atoms with van der Waals surface area (Å²) in [5.74, 6) is 10.2. The van der Waals surface area contributed by atoms with Crippen molar-refractivity contribution < 1.29 is 0 Å². The standard InChI is InChI=1S/C19H28N2/c1-12-6-8-14(9-7-12)19(21-20)18-16-11-10-13-4-2-3-5-15(13)17(16)18/h2-5,12,14,16-19,21H,6-11,20H2,1H3. The van der Waals surface area contributed by atoms with Gasteiger partial charge in [-0.3, -0.25) is 11.3 Å². The minimum absolute atomic E-state index is 0.540. The molecule has 3 N–H and O–H groups in total. The van der Waals surface area contributed by atoms with Crippen LogP contribution in [-0.4, -0.2) is 6.04 Å². The Labute approximate surface area is 128 Å². The average molecular weight is 284 g/mol. The molecule has 0 spiro atoms. The predicted molar refractivity (Wildman–Crippen MR) is 86.7 cm³/mol. The van der Waals surface area contributed by atoms with Crippen LogP contribution in [0.2, 0.25) is 0 Å². The Morgan fingerprint density at radius 3 is 2.62 bits per heavy atom. The van der Waals surface area contributed by atoms with Crippen molar-refractivity contribution >= 4 is 0 Å². The van der Waals surface area contributed by atoms with Crippen LogP contribution in [-0.2, 0) is 6.42 Å². The van der Waals surface area contributed by atoms with Gasteiger partial charge in [0.15, 0.2) is 0 Å². The molecule has 2 fully saturated rings. The second-order valence-electron chi connectivity index (χ2n) is 7.72. The molecule has 4 unspecified atom stereocenters. The third-order valence-electron chi connectivity index (χ3n) is 6.57. The van der Waals surface area contributed by atoms with Gasteiger partial charge in [0, 0.05) is 6.04 Å². The molecule has 4 rings (SSSR count). The van der Waals surface area contributed by atoms with E-state index in [1.54, 1.807) is 11.1 Å². The lowest BCUT2D eigenvalue weighted by molar-refractivity contribution is 0.209. The third-order valence-corrected chi connectivity index (χ3v) is 6.57. The highest BCUT2D eigenvalue weighted by molar-refractivity contribution is 5.40. The number of aryl methyl sites for hydroxylation is 1. The molecule has 0 heterocycles. The molecule has 3 aliphatic carbocycles. The van der Waals surface area contributed by atoms with Crippen LogP contribution in [0.5, 0.6) is 0 Å². The quantitative estimate of drug-likeness (QED) is 0.657. The second-order valence-corrected chi connectivity index (χ2v) is 7.72. The van der Waals surface area contributed by atoms with Gasteiger partial charge < -0.3 is 0 Å². The van der Waals surface area contributed by atoms with Crippen LogP contribution < -0.4 is 11.3 Å². The van der Waals surface area contributed by atoms with E-state index in [1.807, 2.05) is 0 Å². The van der Waals surface area contributed by atoms with Gasteiger partial charge in [0.25, 0.3) is 0 Å². The van der Waals surface area contributed by atoms with E-state index >= 15 is 0 Å². The summed E-state index contributed by atoms with van der Waals surface area (Å²) in [5.41, 5.74) is 6.46. The van der Waals surface area contributed by atoms with E-state index in [9.17, 15) is 0 Å². The maximum Gasteiger partial charge on any atom is 0.0275 e. The molecular formula is C19H28N2. The summed E-state index contributed by atoms with van der Waals surface area (Å²) in [6.45, 7) is 2.40. The first-order valence-corrected chi connectivity index (χ1v) is 8.83. The zero-order chi connectivity index (χ0) is 14.4. The molecule has 1 aromatic carbocycles. The van der Waals surface area contributed by atoms with Crippen LogP contribution in [0.4, 0.5) is 0 Å². The normalized spacial score (nSPS) is 39.2. The molecule has 3 aliphatic rings. The maximum atomic E-state index is 6.00. The van der Waals surface area contributed by atoms with Gasteiger partial charge in [-0.05, 0) is 66.4 Å². The van der Waals surface area contributed by atoms with Crippen molar-refractivity contribution in [2.75, 3.05) is 0 Å². The topological polar surface area (TPSA) is 38.0 Å². The van der Waals surface area contributed by atoms with E-state index < -0.39 is 0 Å². The van der Waals surface area contributed by atoms with Crippen LogP contribution in [0.25, 0.3) is 0 Å². The number of nitrogens with one attached hydrogen (secondary N) is 1. The van der Waals surface area contributed by atoms with Gasteiger partial charge in [-0.1, -0.05) is 44.0 Å². The Kier molecular flexibility index (Phi) is 3.55. The molecule has 0 aliphatic heterocycles. The maximum absolute atomic E-state index is 6.00. The summed E-state index contributed by atoms with van der Waals surface area (Å²) < 4.78 is 0. The van der Waals surface area contributed by atoms with Crippen LogP contribution in [0.15, 0.2) is 24.3 Å². The van der Waals surface area contributed by atoms with Crippen molar-refractivity contribution in [3.05, 3.63) is 35.4 Å². The fraction of sp³-hybridized carbons (Fsp3) is 0.684. The van der Waals surface area contributed by atoms with Crippen LogP contribution in [0, 0.1) is 23.7 Å². The van der Waals surface area contributed by atoms with Crippen molar-refractivity contribution in [3.63, 3.8) is 0 Å². The smallest absolute Gasteiger partial charge is 0.0275 e. The number of rotatable bonds is 3. The Morgan fingerprint density at radius 1 is 1.10 bits per heavy atom. The SMILES string of the molecule is CC1CCC(C(NN)C2C3CCc4ccccc4C32)CC1. The van der Waals surface area contributed by atoms with E-state index in [0.29, 0.717) is 6.04 Å². The highest BCUT2D eigenvalue weighted by Gasteiger charge is 2.57. The summed E-state index contributed by atoms with van der Waals surface area (Å²) >= 11 is 0. The largest absolute Gasteiger partial charge is 0.271 e. The fourth-order valence-corrected chi connectivity index (χ4v) is 5.32. The fourth-order valence-electron chi connectivity index (χ4n) is 5.32. The Morgan fingerprint density at radius 2 is 1.86 bits per heavy atom. The summed E-state index contributed by atoms with van der Waals surface area (Å²) in [7, 11) is 0. The number of hydrogen-bond acceptors (Lipinski definition) is 2. The Hall–Kier alpha value is -0.860. The molecule has 2 saturated carbocycles. The molecule has 0 radical (unpaired) electrons. The van der Waals surface area contributed by atoms with Gasteiger partial charge >= 0.3 is 0 Å². The second kappa shape index (κ2) is 5.40. The molecule has 2 heteroatoms. The monoisotopic (exact) mass is 284 g/mol. The minimum Gasteiger partial charge on any atom is -0.271 e. The molecule has 0 amide bonds. The minimum atomic E-state index is 0.540. The lowest BCUT2D eigenvalue weighted by Crippen LogP contribution is -2.44. The van der Waals surface area contributed by atoms with Gasteiger partial charge in [0.1, 0.15) is 0 Å². The molecule has 21 heavy (non-hydrogen) atoms. The first kappa shape index (κ1) is 13.8. The van der Waals surface area contributed by atoms with E-state index in [1.165, 1.54) is 38.5 Å². The van der Waals surface area contributed by atoms with Crippen molar-refractivity contribution in [1.29, 1.82) is 0 Å². The van der Waals surface area contributed by atoms with Gasteiger partial charge in [-0.15, -0.1) is 0 Å². The Bertz CT molecular complexity index is 504. The third kappa shape index (κ3) is 2.33. The summed E-state index contributed by atoms with van der Waals surface area (Å²) in [6, 6.07) is 9.64.